The summed E-state index contributed by atoms with van der Waals surface area (Å²) in [5.74, 6) is 0.556. The summed E-state index contributed by atoms with van der Waals surface area (Å²) >= 11 is 6.21. The highest BCUT2D eigenvalue weighted by atomic mass is 127. The first kappa shape index (κ1) is 22.7. The van der Waals surface area contributed by atoms with Crippen LogP contribution in [0.2, 0.25) is 5.02 Å². The molecule has 27 heavy (non-hydrogen) atoms. The van der Waals surface area contributed by atoms with Gasteiger partial charge in [-0.15, -0.1) is 24.0 Å². The van der Waals surface area contributed by atoms with Gasteiger partial charge in [-0.25, -0.2) is 0 Å². The lowest BCUT2D eigenvalue weighted by molar-refractivity contribution is 0.0376. The van der Waals surface area contributed by atoms with Crippen molar-refractivity contribution < 1.29 is 4.74 Å². The van der Waals surface area contributed by atoms with Gasteiger partial charge < -0.3 is 15.8 Å². The van der Waals surface area contributed by atoms with Crippen LogP contribution < -0.4 is 11.1 Å². The van der Waals surface area contributed by atoms with Crippen molar-refractivity contribution in [2.75, 3.05) is 45.9 Å². The maximum absolute atomic E-state index is 6.21. The molecule has 5 nitrogen and oxygen atoms in total. The van der Waals surface area contributed by atoms with Gasteiger partial charge in [-0.05, 0) is 43.5 Å². The molecular weight excluding hydrogens is 475 g/mol. The van der Waals surface area contributed by atoms with E-state index in [4.69, 9.17) is 22.1 Å². The Labute approximate surface area is 185 Å². The number of benzene rings is 1. The van der Waals surface area contributed by atoms with Crippen LogP contribution in [0.4, 0.5) is 0 Å². The van der Waals surface area contributed by atoms with Gasteiger partial charge in [0.15, 0.2) is 5.96 Å². The molecule has 0 atom stereocenters. The number of morpholine rings is 1. The Morgan fingerprint density at radius 2 is 2.00 bits per heavy atom. The molecule has 0 spiro atoms. The van der Waals surface area contributed by atoms with E-state index >= 15 is 0 Å². The van der Waals surface area contributed by atoms with Crippen LogP contribution in [0.3, 0.4) is 0 Å². The Hall–Kier alpha value is -0.570. The normalized spacial score (nSPS) is 20.3. The zero-order valence-corrected chi connectivity index (χ0v) is 19.0. The highest BCUT2D eigenvalue weighted by Crippen LogP contribution is 2.42. The fourth-order valence-corrected chi connectivity index (χ4v) is 4.23. The maximum Gasteiger partial charge on any atom is 0.188 e. The van der Waals surface area contributed by atoms with E-state index in [1.165, 1.54) is 18.4 Å². The van der Waals surface area contributed by atoms with E-state index in [1.807, 2.05) is 12.1 Å². The number of rotatable bonds is 7. The monoisotopic (exact) mass is 506 g/mol. The third kappa shape index (κ3) is 6.76. The Balaban J connectivity index is 0.00000261. The van der Waals surface area contributed by atoms with Crippen molar-refractivity contribution in [3.8, 4) is 0 Å². The van der Waals surface area contributed by atoms with Crippen LogP contribution >= 0.6 is 35.6 Å². The molecule has 0 bridgehead atoms. The minimum absolute atomic E-state index is 0. The molecule has 1 aromatic rings. The van der Waals surface area contributed by atoms with Crippen molar-refractivity contribution in [2.24, 2.45) is 10.7 Å². The number of hydrogen-bond acceptors (Lipinski definition) is 3. The number of ether oxygens (including phenoxy) is 1. The Morgan fingerprint density at radius 3 is 2.70 bits per heavy atom. The molecule has 1 saturated carbocycles. The summed E-state index contributed by atoms with van der Waals surface area (Å²) < 4.78 is 5.37. The van der Waals surface area contributed by atoms with Crippen LogP contribution in [0.1, 0.15) is 37.7 Å². The molecule has 3 N–H and O–H groups in total. The number of aliphatic imine (C=N–C) groups is 1. The number of halogens is 2. The van der Waals surface area contributed by atoms with Gasteiger partial charge in [0, 0.05) is 30.1 Å². The molecule has 2 aliphatic rings. The van der Waals surface area contributed by atoms with Crippen molar-refractivity contribution in [3.05, 3.63) is 34.9 Å². The molecule has 1 aliphatic heterocycles. The lowest BCUT2D eigenvalue weighted by atomic mass is 9.79. The molecule has 1 heterocycles. The molecule has 0 aromatic heterocycles. The quantitative estimate of drug-likeness (QED) is 0.258. The van der Waals surface area contributed by atoms with E-state index < -0.39 is 0 Å². The molecular formula is C20H32ClIN4O. The largest absolute Gasteiger partial charge is 0.379 e. The van der Waals surface area contributed by atoms with Crippen LogP contribution in [0.5, 0.6) is 0 Å². The number of nitrogens with one attached hydrogen (secondary N) is 1. The molecule has 0 unspecified atom stereocenters. The molecule has 7 heteroatoms. The van der Waals surface area contributed by atoms with Crippen LogP contribution in [-0.4, -0.2) is 56.8 Å². The first-order chi connectivity index (χ1) is 12.7. The molecule has 1 saturated heterocycles. The van der Waals surface area contributed by atoms with Crippen molar-refractivity contribution in [1.29, 1.82) is 0 Å². The predicted molar refractivity (Wildman–Crippen MR) is 123 cm³/mol. The number of hydrogen-bond donors (Lipinski definition) is 2. The average Bonchev–Trinajstić information content (AvgIpc) is 3.15. The summed E-state index contributed by atoms with van der Waals surface area (Å²) in [5, 5.41) is 4.07. The zero-order valence-electron chi connectivity index (χ0n) is 16.0. The second-order valence-electron chi connectivity index (χ2n) is 7.43. The van der Waals surface area contributed by atoms with Gasteiger partial charge in [0.1, 0.15) is 0 Å². The number of nitrogens with zero attached hydrogens (tertiary/aromatic N) is 2. The summed E-state index contributed by atoms with van der Waals surface area (Å²) in [6.45, 7) is 6.44. The minimum Gasteiger partial charge on any atom is -0.379 e. The van der Waals surface area contributed by atoms with E-state index in [2.05, 4.69) is 27.3 Å². The van der Waals surface area contributed by atoms with Crippen LogP contribution in [0.15, 0.2) is 29.3 Å². The molecule has 2 fully saturated rings. The van der Waals surface area contributed by atoms with Gasteiger partial charge in [-0.3, -0.25) is 9.89 Å². The SMILES string of the molecule is I.NC(=NCC1(c2cccc(Cl)c2)CCCC1)NCCCN1CCOCC1. The Bertz CT molecular complexity index is 601. The number of nitrogens with two attached hydrogens (primary N) is 1. The van der Waals surface area contributed by atoms with E-state index in [9.17, 15) is 0 Å². The smallest absolute Gasteiger partial charge is 0.188 e. The number of guanidine groups is 1. The summed E-state index contributed by atoms with van der Waals surface area (Å²) in [6.07, 6.45) is 5.86. The van der Waals surface area contributed by atoms with E-state index in [0.717, 1.165) is 70.2 Å². The second kappa shape index (κ2) is 11.4. The van der Waals surface area contributed by atoms with Gasteiger partial charge in [0.05, 0.1) is 19.8 Å². The lowest BCUT2D eigenvalue weighted by Gasteiger charge is -2.28. The second-order valence-corrected chi connectivity index (χ2v) is 7.87. The Kier molecular flexibility index (Phi) is 9.62. The fraction of sp³-hybridized carbons (Fsp3) is 0.650. The van der Waals surface area contributed by atoms with Gasteiger partial charge in [-0.1, -0.05) is 36.6 Å². The molecule has 1 aromatic carbocycles. The van der Waals surface area contributed by atoms with E-state index in [-0.39, 0.29) is 29.4 Å². The van der Waals surface area contributed by atoms with E-state index in [0.29, 0.717) is 5.96 Å². The molecule has 152 valence electrons. The minimum atomic E-state index is 0. The van der Waals surface area contributed by atoms with Crippen LogP contribution in [0.25, 0.3) is 0 Å². The summed E-state index contributed by atoms with van der Waals surface area (Å²) in [4.78, 5) is 7.11. The van der Waals surface area contributed by atoms with Crippen LogP contribution in [0, 0.1) is 0 Å². The van der Waals surface area contributed by atoms with Crippen molar-refractivity contribution in [1.82, 2.24) is 10.2 Å². The van der Waals surface area contributed by atoms with E-state index in [1.54, 1.807) is 0 Å². The Morgan fingerprint density at radius 1 is 1.26 bits per heavy atom. The summed E-state index contributed by atoms with van der Waals surface area (Å²) in [6, 6.07) is 8.24. The standard InChI is InChI=1S/C20H31ClN4O.HI/c21-18-6-3-5-17(15-18)20(7-1-2-8-20)16-24-19(22)23-9-4-10-25-11-13-26-14-12-25;/h3,5-6,15H,1-2,4,7-14,16H2,(H3,22,23,24);1H. The van der Waals surface area contributed by atoms with Gasteiger partial charge in [-0.2, -0.15) is 0 Å². The summed E-state index contributed by atoms with van der Waals surface area (Å²) in [5.41, 5.74) is 7.50. The predicted octanol–water partition coefficient (Wildman–Crippen LogP) is 3.40. The fourth-order valence-electron chi connectivity index (χ4n) is 4.04. The topological polar surface area (TPSA) is 62.9 Å². The average molecular weight is 507 g/mol. The van der Waals surface area contributed by atoms with Crippen molar-refractivity contribution in [2.45, 2.75) is 37.5 Å². The first-order valence-electron chi connectivity index (χ1n) is 9.78. The van der Waals surface area contributed by atoms with Crippen molar-refractivity contribution >= 4 is 41.5 Å². The van der Waals surface area contributed by atoms with Crippen molar-refractivity contribution in [3.63, 3.8) is 0 Å². The molecule has 0 amide bonds. The highest BCUT2D eigenvalue weighted by molar-refractivity contribution is 14.0. The summed E-state index contributed by atoms with van der Waals surface area (Å²) in [7, 11) is 0. The molecule has 3 rings (SSSR count). The molecule has 1 aliphatic carbocycles. The van der Waals surface area contributed by atoms with Crippen LogP contribution in [-0.2, 0) is 10.2 Å². The van der Waals surface area contributed by atoms with Gasteiger partial charge >= 0.3 is 0 Å². The third-order valence-corrected chi connectivity index (χ3v) is 5.85. The molecule has 0 radical (unpaired) electrons. The van der Waals surface area contributed by atoms with Gasteiger partial charge in [0.2, 0.25) is 0 Å². The zero-order chi connectivity index (χ0) is 18.2. The van der Waals surface area contributed by atoms with Gasteiger partial charge in [0.25, 0.3) is 0 Å². The first-order valence-corrected chi connectivity index (χ1v) is 10.2. The third-order valence-electron chi connectivity index (χ3n) is 5.61. The maximum atomic E-state index is 6.21. The lowest BCUT2D eigenvalue weighted by Crippen LogP contribution is -2.39. The highest BCUT2D eigenvalue weighted by Gasteiger charge is 2.35.